The number of carbonyl (C=O) groups excluding carboxylic acids is 1. The summed E-state index contributed by atoms with van der Waals surface area (Å²) in [4.78, 5) is 17.4. The number of carbonyl (C=O) groups is 1. The van der Waals surface area contributed by atoms with Gasteiger partial charge < -0.3 is 14.8 Å². The minimum absolute atomic E-state index is 0.103. The van der Waals surface area contributed by atoms with Gasteiger partial charge in [-0.25, -0.2) is 13.4 Å². The third kappa shape index (κ3) is 4.59. The molecule has 0 unspecified atom stereocenters. The molecule has 0 bridgehead atoms. The Morgan fingerprint density at radius 3 is 2.58 bits per heavy atom. The molecule has 1 amide bonds. The van der Waals surface area contributed by atoms with Crippen molar-refractivity contribution < 1.29 is 22.7 Å². The highest BCUT2D eigenvalue weighted by Crippen LogP contribution is 2.38. The summed E-state index contributed by atoms with van der Waals surface area (Å²) in [6.07, 6.45) is 0.514. The second-order valence-corrected chi connectivity index (χ2v) is 10.7. The summed E-state index contributed by atoms with van der Waals surface area (Å²) in [6.45, 7) is 3.73. The van der Waals surface area contributed by atoms with Gasteiger partial charge in [0.05, 0.1) is 32.1 Å². The lowest BCUT2D eigenvalue weighted by molar-refractivity contribution is -0.114. The zero-order valence-corrected chi connectivity index (χ0v) is 20.5. The number of hydrogen-bond acceptors (Lipinski definition) is 7. The number of ether oxygens (including phenoxy) is 2. The average molecular weight is 488 g/mol. The second kappa shape index (κ2) is 9.12. The summed E-state index contributed by atoms with van der Waals surface area (Å²) in [5.41, 5.74) is 2.87. The quantitative estimate of drug-likeness (QED) is 0.567. The Bertz CT molecular complexity index is 1320. The van der Waals surface area contributed by atoms with Crippen molar-refractivity contribution in [2.75, 3.05) is 26.1 Å². The molecule has 0 aliphatic carbocycles. The molecule has 8 nitrogen and oxygen atoms in total. The zero-order chi connectivity index (χ0) is 23.8. The molecule has 1 aliphatic heterocycles. The zero-order valence-electron chi connectivity index (χ0n) is 18.8. The molecule has 0 saturated carbocycles. The predicted molar refractivity (Wildman–Crippen MR) is 127 cm³/mol. The van der Waals surface area contributed by atoms with Gasteiger partial charge in [-0.1, -0.05) is 6.07 Å². The highest BCUT2D eigenvalue weighted by molar-refractivity contribution is 7.89. The molecular formula is C23H25N3O5S2. The Kier molecular flexibility index (Phi) is 6.42. The lowest BCUT2D eigenvalue weighted by Crippen LogP contribution is -2.36. The summed E-state index contributed by atoms with van der Waals surface area (Å²) in [6, 6.07) is 10.6. The lowest BCUT2D eigenvalue weighted by Gasteiger charge is -2.26. The first-order valence-corrected chi connectivity index (χ1v) is 12.6. The Labute approximate surface area is 197 Å². The lowest BCUT2D eigenvalue weighted by atomic mass is 10.2. The van der Waals surface area contributed by atoms with Crippen LogP contribution in [0.5, 0.6) is 11.5 Å². The Balaban J connectivity index is 1.65. The van der Waals surface area contributed by atoms with Crippen LogP contribution in [0.4, 0.5) is 5.69 Å². The number of nitrogens with one attached hydrogen (secondary N) is 1. The van der Waals surface area contributed by atoms with E-state index < -0.39 is 10.0 Å². The van der Waals surface area contributed by atoms with Crippen molar-refractivity contribution in [2.24, 2.45) is 0 Å². The molecular weight excluding hydrogens is 462 g/mol. The molecule has 0 radical (unpaired) electrons. The van der Waals surface area contributed by atoms with E-state index in [1.54, 1.807) is 32.4 Å². The van der Waals surface area contributed by atoms with E-state index >= 15 is 0 Å². The number of amides is 1. The molecule has 4 rings (SSSR count). The smallest absolute Gasteiger partial charge is 0.245 e. The van der Waals surface area contributed by atoms with Crippen LogP contribution in [0.25, 0.3) is 10.6 Å². The first kappa shape index (κ1) is 23.2. The molecule has 0 atom stereocenters. The van der Waals surface area contributed by atoms with Gasteiger partial charge in [-0.2, -0.15) is 4.31 Å². The molecule has 10 heteroatoms. The largest absolute Gasteiger partial charge is 0.493 e. The van der Waals surface area contributed by atoms with Crippen molar-refractivity contribution in [3.8, 4) is 22.1 Å². The fraction of sp³-hybridized carbons (Fsp3) is 0.304. The SMILES string of the molecule is COc1ccc(-c2nc3c(s2)CN(S(=O)(=O)c2cc(C)ccc2NC(C)=O)CC3)cc1OC. The van der Waals surface area contributed by atoms with Crippen molar-refractivity contribution in [3.63, 3.8) is 0 Å². The van der Waals surface area contributed by atoms with E-state index in [-0.39, 0.29) is 23.0 Å². The molecule has 1 aliphatic rings. The van der Waals surface area contributed by atoms with Gasteiger partial charge in [0.1, 0.15) is 9.90 Å². The van der Waals surface area contributed by atoms with Gasteiger partial charge in [-0.3, -0.25) is 4.79 Å². The predicted octanol–water partition coefficient (Wildman–Crippen LogP) is 3.84. The summed E-state index contributed by atoms with van der Waals surface area (Å²) in [5.74, 6) is 0.920. The Morgan fingerprint density at radius 1 is 1.12 bits per heavy atom. The number of benzene rings is 2. The van der Waals surface area contributed by atoms with Crippen molar-refractivity contribution in [2.45, 2.75) is 31.7 Å². The molecule has 0 spiro atoms. The summed E-state index contributed by atoms with van der Waals surface area (Å²) in [7, 11) is -0.653. The van der Waals surface area contributed by atoms with Crippen molar-refractivity contribution >= 4 is 33.0 Å². The third-order valence-corrected chi connectivity index (χ3v) is 8.41. The summed E-state index contributed by atoms with van der Waals surface area (Å²) in [5, 5.41) is 3.43. The third-order valence-electron chi connectivity index (χ3n) is 5.39. The maximum Gasteiger partial charge on any atom is 0.245 e. The van der Waals surface area contributed by atoms with Crippen molar-refractivity contribution in [1.29, 1.82) is 0 Å². The number of rotatable bonds is 6. The standard InChI is InChI=1S/C23H25N3O5S2/c1-14-5-7-18(24-15(2)27)22(11-14)33(28,29)26-10-9-17-21(13-26)32-23(25-17)16-6-8-19(30-3)20(12-16)31-4/h5-8,11-12H,9-10,13H2,1-4H3,(H,24,27). The van der Waals surface area contributed by atoms with E-state index in [9.17, 15) is 13.2 Å². The number of methoxy groups -OCH3 is 2. The molecule has 174 valence electrons. The maximum absolute atomic E-state index is 13.5. The van der Waals surface area contributed by atoms with Crippen LogP contribution in [-0.2, 0) is 27.8 Å². The number of fused-ring (bicyclic) bond motifs is 1. The van der Waals surface area contributed by atoms with Crippen molar-refractivity contribution in [3.05, 3.63) is 52.5 Å². The van der Waals surface area contributed by atoms with Gasteiger partial charge in [0.15, 0.2) is 11.5 Å². The van der Waals surface area contributed by atoms with Crippen LogP contribution in [0.3, 0.4) is 0 Å². The molecule has 1 aromatic heterocycles. The minimum atomic E-state index is -3.82. The number of aromatic nitrogens is 1. The van der Waals surface area contributed by atoms with E-state index in [1.807, 2.05) is 25.1 Å². The van der Waals surface area contributed by atoms with Crippen LogP contribution < -0.4 is 14.8 Å². The van der Waals surface area contributed by atoms with Crippen molar-refractivity contribution in [1.82, 2.24) is 9.29 Å². The van der Waals surface area contributed by atoms with Gasteiger partial charge in [0.2, 0.25) is 15.9 Å². The molecule has 0 fully saturated rings. The normalized spacial score (nSPS) is 13.9. The topological polar surface area (TPSA) is 97.8 Å². The van der Waals surface area contributed by atoms with E-state index in [0.29, 0.717) is 24.5 Å². The Hall–Kier alpha value is -2.95. The number of sulfonamides is 1. The van der Waals surface area contributed by atoms with E-state index in [2.05, 4.69) is 5.32 Å². The highest BCUT2D eigenvalue weighted by atomic mass is 32.2. The van der Waals surface area contributed by atoms with E-state index in [4.69, 9.17) is 14.5 Å². The number of hydrogen-bond donors (Lipinski definition) is 1. The van der Waals surface area contributed by atoms with E-state index in [1.165, 1.54) is 22.6 Å². The average Bonchev–Trinajstić information content (AvgIpc) is 3.23. The minimum Gasteiger partial charge on any atom is -0.493 e. The van der Waals surface area contributed by atoms with E-state index in [0.717, 1.165) is 26.7 Å². The molecule has 2 heterocycles. The molecule has 1 N–H and O–H groups in total. The molecule has 0 saturated heterocycles. The van der Waals surface area contributed by atoms with Crippen LogP contribution >= 0.6 is 11.3 Å². The van der Waals surface area contributed by atoms with Gasteiger partial charge in [0, 0.05) is 30.3 Å². The summed E-state index contributed by atoms with van der Waals surface area (Å²) < 4.78 is 39.2. The maximum atomic E-state index is 13.5. The molecule has 2 aromatic carbocycles. The van der Waals surface area contributed by atoms with Gasteiger partial charge in [-0.05, 0) is 42.8 Å². The fourth-order valence-electron chi connectivity index (χ4n) is 3.74. The molecule has 3 aromatic rings. The number of anilines is 1. The molecule has 33 heavy (non-hydrogen) atoms. The Morgan fingerprint density at radius 2 is 1.88 bits per heavy atom. The second-order valence-electron chi connectivity index (χ2n) is 7.73. The van der Waals surface area contributed by atoms with Crippen LogP contribution in [-0.4, -0.2) is 44.4 Å². The van der Waals surface area contributed by atoms with Crippen LogP contribution in [0.15, 0.2) is 41.3 Å². The van der Waals surface area contributed by atoms with Crippen LogP contribution in [0.2, 0.25) is 0 Å². The van der Waals surface area contributed by atoms with Crippen LogP contribution in [0, 0.1) is 6.92 Å². The number of nitrogens with zero attached hydrogens (tertiary/aromatic N) is 2. The fourth-order valence-corrected chi connectivity index (χ4v) is 6.59. The van der Waals surface area contributed by atoms with Gasteiger partial charge in [0.25, 0.3) is 0 Å². The van der Waals surface area contributed by atoms with Gasteiger partial charge in [-0.15, -0.1) is 11.3 Å². The highest BCUT2D eigenvalue weighted by Gasteiger charge is 2.32. The first-order valence-electron chi connectivity index (χ1n) is 10.3. The first-order chi connectivity index (χ1) is 15.7. The monoisotopic (exact) mass is 487 g/mol. The number of aryl methyl sites for hydroxylation is 1. The van der Waals surface area contributed by atoms with Crippen LogP contribution in [0.1, 0.15) is 23.1 Å². The number of thiazole rings is 1. The van der Waals surface area contributed by atoms with Gasteiger partial charge >= 0.3 is 0 Å². The summed E-state index contributed by atoms with van der Waals surface area (Å²) >= 11 is 1.47.